The van der Waals surface area contributed by atoms with Crippen LogP contribution < -0.4 is 14.9 Å². The second-order valence-electron chi connectivity index (χ2n) is 6.56. The van der Waals surface area contributed by atoms with Gasteiger partial charge in [-0.2, -0.15) is 0 Å². The van der Waals surface area contributed by atoms with Crippen LogP contribution in [0.4, 0.5) is 9.18 Å². The third-order valence-electron chi connectivity index (χ3n) is 4.44. The van der Waals surface area contributed by atoms with Crippen LogP contribution in [0.25, 0.3) is 22.4 Å². The average Bonchev–Trinajstić information content (AvgIpc) is 3.04. The number of amides is 1. The number of aryl methyl sites for hydroxylation is 2. The number of ether oxygens (including phenoxy) is 2. The van der Waals surface area contributed by atoms with Crippen LogP contribution in [0.3, 0.4) is 0 Å². The summed E-state index contributed by atoms with van der Waals surface area (Å²) in [5.41, 5.74) is 5.88. The molecule has 0 saturated heterocycles. The first kappa shape index (κ1) is 19.3. The van der Waals surface area contributed by atoms with Gasteiger partial charge in [-0.25, -0.2) is 29.6 Å². The van der Waals surface area contributed by atoms with E-state index in [4.69, 9.17) is 9.47 Å². The number of fused-ring (bicyclic) bond motifs is 1. The number of halogens is 1. The van der Waals surface area contributed by atoms with Crippen molar-refractivity contribution in [3.8, 4) is 23.0 Å². The zero-order valence-corrected chi connectivity index (χ0v) is 16.5. The van der Waals surface area contributed by atoms with Crippen LogP contribution in [0.2, 0.25) is 0 Å². The molecule has 4 aromatic rings. The maximum Gasteiger partial charge on any atom is 0.432 e. The van der Waals surface area contributed by atoms with Crippen molar-refractivity contribution in [1.29, 1.82) is 0 Å². The molecule has 0 aliphatic heterocycles. The number of nitrogens with zero attached hydrogens (tertiary/aromatic N) is 4. The summed E-state index contributed by atoms with van der Waals surface area (Å²) < 4.78 is 25.4. The summed E-state index contributed by atoms with van der Waals surface area (Å²) in [5.74, 6) is 0.638. The lowest BCUT2D eigenvalue weighted by atomic mass is 10.2. The Morgan fingerprint density at radius 3 is 2.73 bits per heavy atom. The van der Waals surface area contributed by atoms with E-state index in [-0.39, 0.29) is 11.6 Å². The zero-order valence-electron chi connectivity index (χ0n) is 16.5. The van der Waals surface area contributed by atoms with Gasteiger partial charge in [0.2, 0.25) is 5.88 Å². The number of hydrogen-bond donors (Lipinski definition) is 1. The normalized spacial score (nSPS) is 10.8. The first-order valence-corrected chi connectivity index (χ1v) is 9.05. The lowest BCUT2D eigenvalue weighted by Gasteiger charge is -2.10. The number of carbonyl (C=O) groups excluding carboxylic acids is 1. The van der Waals surface area contributed by atoms with E-state index < -0.39 is 6.09 Å². The number of pyridine rings is 1. The van der Waals surface area contributed by atoms with Crippen LogP contribution in [0.1, 0.15) is 11.3 Å². The molecule has 0 aliphatic carbocycles. The van der Waals surface area contributed by atoms with Crippen molar-refractivity contribution in [1.82, 2.24) is 19.6 Å². The molecule has 9 heteroatoms. The maximum absolute atomic E-state index is 13.4. The summed E-state index contributed by atoms with van der Waals surface area (Å²) >= 11 is 0. The Hall–Kier alpha value is -4.01. The molecule has 0 unspecified atom stereocenters. The van der Waals surface area contributed by atoms with E-state index in [0.717, 1.165) is 5.56 Å². The summed E-state index contributed by atoms with van der Waals surface area (Å²) in [6, 6.07) is 9.45. The number of nitrogens with one attached hydrogen (secondary N) is 1. The topological polar surface area (TPSA) is 91.2 Å². The molecule has 0 aliphatic rings. The van der Waals surface area contributed by atoms with Gasteiger partial charge in [-0.1, -0.05) is 12.1 Å². The Morgan fingerprint density at radius 2 is 2.00 bits per heavy atom. The number of rotatable bonds is 4. The maximum atomic E-state index is 13.4. The summed E-state index contributed by atoms with van der Waals surface area (Å²) in [7, 11) is 1.54. The molecule has 4 rings (SSSR count). The quantitative estimate of drug-likeness (QED) is 0.550. The third kappa shape index (κ3) is 3.77. The highest BCUT2D eigenvalue weighted by Crippen LogP contribution is 2.23. The van der Waals surface area contributed by atoms with Crippen LogP contribution in [0, 0.1) is 19.7 Å². The average molecular weight is 407 g/mol. The fourth-order valence-electron chi connectivity index (χ4n) is 2.99. The van der Waals surface area contributed by atoms with Crippen molar-refractivity contribution in [2.24, 2.45) is 0 Å². The van der Waals surface area contributed by atoms with Gasteiger partial charge in [0.15, 0.2) is 11.6 Å². The standard InChI is InChI=1S/C21H18FN5O3/c1-12-11-27(16-7-8-18(29-3)25-19(12)16)26-21(28)30-17-10-23-20(24-13(17)2)14-5-4-6-15(22)9-14/h4-11H,1-3H3,(H,26,28). The summed E-state index contributed by atoms with van der Waals surface area (Å²) in [6.45, 7) is 3.56. The molecule has 30 heavy (non-hydrogen) atoms. The lowest BCUT2D eigenvalue weighted by Crippen LogP contribution is -2.25. The van der Waals surface area contributed by atoms with Gasteiger partial charge in [0.05, 0.1) is 30.0 Å². The van der Waals surface area contributed by atoms with E-state index in [9.17, 15) is 9.18 Å². The number of aromatic nitrogens is 4. The van der Waals surface area contributed by atoms with Gasteiger partial charge < -0.3 is 9.47 Å². The molecule has 0 spiro atoms. The molecule has 1 aromatic carbocycles. The Bertz CT molecular complexity index is 1250. The Kier molecular flexibility index (Phi) is 5.01. The highest BCUT2D eigenvalue weighted by Gasteiger charge is 2.14. The molecule has 1 N–H and O–H groups in total. The molecule has 152 valence electrons. The molecule has 3 heterocycles. The molecule has 8 nitrogen and oxygen atoms in total. The number of methoxy groups -OCH3 is 1. The molecule has 1 amide bonds. The molecule has 0 radical (unpaired) electrons. The van der Waals surface area contributed by atoms with Gasteiger partial charge in [0.25, 0.3) is 0 Å². The molecule has 0 atom stereocenters. The highest BCUT2D eigenvalue weighted by atomic mass is 19.1. The van der Waals surface area contributed by atoms with Crippen molar-refractivity contribution in [3.05, 3.63) is 65.9 Å². The minimum Gasteiger partial charge on any atom is -0.481 e. The second-order valence-corrected chi connectivity index (χ2v) is 6.56. The predicted molar refractivity (Wildman–Crippen MR) is 109 cm³/mol. The van der Waals surface area contributed by atoms with Gasteiger partial charge in [0, 0.05) is 17.8 Å². The Balaban J connectivity index is 1.53. The molecular formula is C21H18FN5O3. The lowest BCUT2D eigenvalue weighted by molar-refractivity contribution is 0.211. The van der Waals surface area contributed by atoms with Gasteiger partial charge in [-0.15, -0.1) is 0 Å². The van der Waals surface area contributed by atoms with E-state index in [0.29, 0.717) is 34.0 Å². The molecule has 3 aromatic heterocycles. The SMILES string of the molecule is COc1ccc2c(n1)c(C)cn2NC(=O)Oc1cnc(-c2cccc(F)c2)nc1C. The van der Waals surface area contributed by atoms with E-state index in [2.05, 4.69) is 20.4 Å². The number of carbonyl (C=O) groups is 1. The van der Waals surface area contributed by atoms with Crippen molar-refractivity contribution in [3.63, 3.8) is 0 Å². The Labute approximate surface area is 171 Å². The van der Waals surface area contributed by atoms with E-state index in [1.165, 1.54) is 23.0 Å². The van der Waals surface area contributed by atoms with Crippen LogP contribution in [-0.2, 0) is 0 Å². The molecule has 0 bridgehead atoms. The van der Waals surface area contributed by atoms with Crippen LogP contribution in [-0.4, -0.2) is 32.8 Å². The monoisotopic (exact) mass is 407 g/mol. The molecule has 0 saturated carbocycles. The number of benzene rings is 1. The summed E-state index contributed by atoms with van der Waals surface area (Å²) in [5, 5.41) is 0. The summed E-state index contributed by atoms with van der Waals surface area (Å²) in [4.78, 5) is 25.3. The van der Waals surface area contributed by atoms with Crippen molar-refractivity contribution < 1.29 is 18.7 Å². The first-order chi connectivity index (χ1) is 14.4. The smallest absolute Gasteiger partial charge is 0.432 e. The third-order valence-corrected chi connectivity index (χ3v) is 4.44. The van der Waals surface area contributed by atoms with Gasteiger partial charge in [-0.05, 0) is 37.6 Å². The number of hydrogen-bond acceptors (Lipinski definition) is 6. The predicted octanol–water partition coefficient (Wildman–Crippen LogP) is 4.00. The van der Waals surface area contributed by atoms with E-state index in [1.807, 2.05) is 6.92 Å². The Morgan fingerprint density at radius 1 is 1.17 bits per heavy atom. The van der Waals surface area contributed by atoms with E-state index >= 15 is 0 Å². The zero-order chi connectivity index (χ0) is 21.3. The van der Waals surface area contributed by atoms with Crippen molar-refractivity contribution >= 4 is 17.1 Å². The van der Waals surface area contributed by atoms with Crippen molar-refractivity contribution in [2.75, 3.05) is 12.5 Å². The van der Waals surface area contributed by atoms with Crippen molar-refractivity contribution in [2.45, 2.75) is 13.8 Å². The van der Waals surface area contributed by atoms with Gasteiger partial charge in [-0.3, -0.25) is 4.68 Å². The highest BCUT2D eigenvalue weighted by molar-refractivity contribution is 5.85. The van der Waals surface area contributed by atoms with Crippen LogP contribution in [0.15, 0.2) is 48.8 Å². The molecular weight excluding hydrogens is 389 g/mol. The van der Waals surface area contributed by atoms with E-state index in [1.54, 1.807) is 44.5 Å². The summed E-state index contributed by atoms with van der Waals surface area (Å²) in [6.07, 6.45) is 2.40. The largest absolute Gasteiger partial charge is 0.481 e. The minimum absolute atomic E-state index is 0.195. The second kappa shape index (κ2) is 7.78. The first-order valence-electron chi connectivity index (χ1n) is 9.05. The fourth-order valence-corrected chi connectivity index (χ4v) is 2.99. The van der Waals surface area contributed by atoms with Gasteiger partial charge in [0.1, 0.15) is 5.82 Å². The minimum atomic E-state index is -0.715. The van der Waals surface area contributed by atoms with Crippen LogP contribution >= 0.6 is 0 Å². The van der Waals surface area contributed by atoms with Crippen LogP contribution in [0.5, 0.6) is 11.6 Å². The fraction of sp³-hybridized carbons (Fsp3) is 0.143. The van der Waals surface area contributed by atoms with Gasteiger partial charge >= 0.3 is 6.09 Å². The molecule has 0 fully saturated rings.